The molecule has 0 atom stereocenters. The average molecular weight is 418 g/mol. The van der Waals surface area contributed by atoms with Crippen LogP contribution >= 0.6 is 11.6 Å². The Bertz CT molecular complexity index is 1230. The van der Waals surface area contributed by atoms with Crippen LogP contribution in [0.25, 0.3) is 11.4 Å². The molecule has 2 heterocycles. The van der Waals surface area contributed by atoms with E-state index >= 15 is 0 Å². The van der Waals surface area contributed by atoms with Gasteiger partial charge in [0.05, 0.1) is 23.8 Å². The van der Waals surface area contributed by atoms with Gasteiger partial charge in [-0.25, -0.2) is 9.36 Å². The van der Waals surface area contributed by atoms with Crippen molar-refractivity contribution < 1.29 is 4.79 Å². The molecular formula is C21H16ClN7O. The van der Waals surface area contributed by atoms with Crippen LogP contribution in [0.5, 0.6) is 0 Å². The van der Waals surface area contributed by atoms with E-state index in [0.717, 1.165) is 11.3 Å². The number of benzene rings is 2. The van der Waals surface area contributed by atoms with Crippen LogP contribution in [0.1, 0.15) is 21.5 Å². The fourth-order valence-corrected chi connectivity index (χ4v) is 3.00. The van der Waals surface area contributed by atoms with Gasteiger partial charge in [-0.05, 0) is 48.5 Å². The summed E-state index contributed by atoms with van der Waals surface area (Å²) in [6, 6.07) is 16.1. The Hall–Kier alpha value is -4.09. The van der Waals surface area contributed by atoms with Crippen LogP contribution in [0.4, 0.5) is 5.82 Å². The minimum absolute atomic E-state index is 0.216. The fourth-order valence-electron chi connectivity index (χ4n) is 2.87. The summed E-state index contributed by atoms with van der Waals surface area (Å²) in [4.78, 5) is 12.5. The predicted molar refractivity (Wildman–Crippen MR) is 112 cm³/mol. The summed E-state index contributed by atoms with van der Waals surface area (Å²) >= 11 is 5.91. The molecule has 0 aliphatic heterocycles. The van der Waals surface area contributed by atoms with E-state index in [0.29, 0.717) is 28.4 Å². The molecule has 0 spiro atoms. The summed E-state index contributed by atoms with van der Waals surface area (Å²) in [6.45, 7) is 0.339. The molecule has 0 bridgehead atoms. The standard InChI is InChI=1S/C21H16ClN7O/c22-17-3-7-18(8-4-17)28-13-14(11-26-28)10-25-21(30)15-1-5-19(6-2-15)29-20(24)16(9-23)12-27-29/h1-8,11-13H,10,24H2,(H,25,30). The summed E-state index contributed by atoms with van der Waals surface area (Å²) < 4.78 is 3.17. The highest BCUT2D eigenvalue weighted by Crippen LogP contribution is 2.17. The van der Waals surface area contributed by atoms with Gasteiger partial charge in [0.1, 0.15) is 17.5 Å². The molecule has 0 saturated carbocycles. The minimum Gasteiger partial charge on any atom is -0.382 e. The van der Waals surface area contributed by atoms with Crippen LogP contribution < -0.4 is 11.1 Å². The van der Waals surface area contributed by atoms with Crippen molar-refractivity contribution in [3.8, 4) is 17.4 Å². The average Bonchev–Trinajstić information content (AvgIpc) is 3.39. The SMILES string of the molecule is N#Cc1cnn(-c2ccc(C(=O)NCc3cnn(-c4ccc(Cl)cc4)c3)cc2)c1N. The number of carbonyl (C=O) groups is 1. The monoisotopic (exact) mass is 417 g/mol. The lowest BCUT2D eigenvalue weighted by Crippen LogP contribution is -2.22. The Morgan fingerprint density at radius 2 is 1.77 bits per heavy atom. The number of aromatic nitrogens is 4. The van der Waals surface area contributed by atoms with Crippen LogP contribution in [0.15, 0.2) is 67.1 Å². The number of nitrogens with one attached hydrogen (secondary N) is 1. The van der Waals surface area contributed by atoms with Crippen molar-refractivity contribution in [2.75, 3.05) is 5.73 Å². The number of nitrogens with zero attached hydrogens (tertiary/aromatic N) is 5. The summed E-state index contributed by atoms with van der Waals surface area (Å²) in [7, 11) is 0. The highest BCUT2D eigenvalue weighted by molar-refractivity contribution is 6.30. The van der Waals surface area contributed by atoms with Gasteiger partial charge in [0.15, 0.2) is 0 Å². The molecule has 2 aromatic heterocycles. The van der Waals surface area contributed by atoms with Gasteiger partial charge in [0.2, 0.25) is 0 Å². The van der Waals surface area contributed by atoms with Gasteiger partial charge in [0, 0.05) is 28.9 Å². The molecule has 0 aliphatic carbocycles. The van der Waals surface area contributed by atoms with Crippen molar-refractivity contribution in [1.82, 2.24) is 24.9 Å². The first-order chi connectivity index (χ1) is 14.5. The molecule has 0 radical (unpaired) electrons. The number of rotatable bonds is 5. The number of halogens is 1. The minimum atomic E-state index is -0.216. The highest BCUT2D eigenvalue weighted by Gasteiger charge is 2.11. The van der Waals surface area contributed by atoms with Crippen molar-refractivity contribution in [2.45, 2.75) is 6.54 Å². The maximum absolute atomic E-state index is 12.5. The lowest BCUT2D eigenvalue weighted by molar-refractivity contribution is 0.0951. The number of amides is 1. The molecule has 3 N–H and O–H groups in total. The van der Waals surface area contributed by atoms with E-state index < -0.39 is 0 Å². The summed E-state index contributed by atoms with van der Waals surface area (Å²) in [5.74, 6) is 0.0411. The Morgan fingerprint density at radius 1 is 1.07 bits per heavy atom. The van der Waals surface area contributed by atoms with Crippen LogP contribution in [0.2, 0.25) is 5.02 Å². The van der Waals surface area contributed by atoms with Gasteiger partial charge in [-0.15, -0.1) is 0 Å². The lowest BCUT2D eigenvalue weighted by Gasteiger charge is -2.07. The largest absolute Gasteiger partial charge is 0.382 e. The predicted octanol–water partition coefficient (Wildman–Crippen LogP) is 3.10. The van der Waals surface area contributed by atoms with Gasteiger partial charge in [-0.2, -0.15) is 15.5 Å². The molecule has 2 aromatic carbocycles. The van der Waals surface area contributed by atoms with E-state index in [1.165, 1.54) is 10.9 Å². The zero-order valence-corrected chi connectivity index (χ0v) is 16.4. The maximum Gasteiger partial charge on any atom is 0.251 e. The van der Waals surface area contributed by atoms with Crippen molar-refractivity contribution in [1.29, 1.82) is 5.26 Å². The molecule has 0 fully saturated rings. The van der Waals surface area contributed by atoms with Gasteiger partial charge >= 0.3 is 0 Å². The molecule has 0 saturated heterocycles. The molecule has 30 heavy (non-hydrogen) atoms. The van der Waals surface area contributed by atoms with E-state index in [9.17, 15) is 4.79 Å². The summed E-state index contributed by atoms with van der Waals surface area (Å²) in [6.07, 6.45) is 4.95. The molecule has 148 valence electrons. The number of nitriles is 1. The van der Waals surface area contributed by atoms with E-state index in [1.54, 1.807) is 47.3 Å². The third kappa shape index (κ3) is 3.87. The Balaban J connectivity index is 1.40. The van der Waals surface area contributed by atoms with Gasteiger partial charge < -0.3 is 11.1 Å². The summed E-state index contributed by atoms with van der Waals surface area (Å²) in [5.41, 5.74) is 9.09. The number of nitrogens with two attached hydrogens (primary N) is 1. The van der Waals surface area contributed by atoms with Gasteiger partial charge in [-0.1, -0.05) is 11.6 Å². The first-order valence-corrected chi connectivity index (χ1v) is 9.34. The molecule has 8 nitrogen and oxygen atoms in total. The van der Waals surface area contributed by atoms with Crippen molar-refractivity contribution in [3.63, 3.8) is 0 Å². The second kappa shape index (κ2) is 8.11. The molecular weight excluding hydrogens is 402 g/mol. The molecule has 4 aromatic rings. The molecule has 9 heteroatoms. The van der Waals surface area contributed by atoms with Gasteiger partial charge in [0.25, 0.3) is 5.91 Å². The third-order valence-corrected chi connectivity index (χ3v) is 4.73. The number of hydrogen-bond donors (Lipinski definition) is 2. The van der Waals surface area contributed by atoms with Crippen LogP contribution in [-0.2, 0) is 6.54 Å². The zero-order chi connectivity index (χ0) is 21.1. The van der Waals surface area contributed by atoms with Crippen molar-refractivity contribution in [3.05, 3.63) is 88.8 Å². The number of anilines is 1. The zero-order valence-electron chi connectivity index (χ0n) is 15.7. The van der Waals surface area contributed by atoms with Gasteiger partial charge in [-0.3, -0.25) is 4.79 Å². The lowest BCUT2D eigenvalue weighted by atomic mass is 10.2. The quantitative estimate of drug-likeness (QED) is 0.517. The van der Waals surface area contributed by atoms with Crippen LogP contribution in [0.3, 0.4) is 0 Å². The molecule has 0 aliphatic rings. The Kier molecular flexibility index (Phi) is 5.20. The van der Waals surface area contributed by atoms with Crippen molar-refractivity contribution in [2.24, 2.45) is 0 Å². The molecule has 0 unspecified atom stereocenters. The number of nitrogen functional groups attached to an aromatic ring is 1. The summed E-state index contributed by atoms with van der Waals surface area (Å²) in [5, 5.41) is 20.9. The topological polar surface area (TPSA) is 115 Å². The Morgan fingerprint density at radius 3 is 2.43 bits per heavy atom. The Labute approximate surface area is 177 Å². The third-order valence-electron chi connectivity index (χ3n) is 4.48. The van der Waals surface area contributed by atoms with Crippen LogP contribution in [0, 0.1) is 11.3 Å². The number of carbonyl (C=O) groups excluding carboxylic acids is 1. The normalized spacial score (nSPS) is 10.5. The second-order valence-electron chi connectivity index (χ2n) is 6.47. The van der Waals surface area contributed by atoms with E-state index in [1.807, 2.05) is 24.4 Å². The van der Waals surface area contributed by atoms with Crippen molar-refractivity contribution >= 4 is 23.3 Å². The molecule has 1 amide bonds. The maximum atomic E-state index is 12.5. The fraction of sp³-hybridized carbons (Fsp3) is 0.0476. The smallest absolute Gasteiger partial charge is 0.251 e. The first kappa shape index (κ1) is 19.2. The first-order valence-electron chi connectivity index (χ1n) is 8.97. The number of hydrogen-bond acceptors (Lipinski definition) is 5. The van der Waals surface area contributed by atoms with E-state index in [2.05, 4.69) is 15.5 Å². The van der Waals surface area contributed by atoms with Crippen LogP contribution in [-0.4, -0.2) is 25.5 Å². The second-order valence-corrected chi connectivity index (χ2v) is 6.90. The molecule has 4 rings (SSSR count). The van der Waals surface area contributed by atoms with E-state index in [4.69, 9.17) is 22.6 Å². The highest BCUT2D eigenvalue weighted by atomic mass is 35.5. The van der Waals surface area contributed by atoms with E-state index in [-0.39, 0.29) is 11.7 Å².